The highest BCUT2D eigenvalue weighted by Crippen LogP contribution is 2.49. The van der Waals surface area contributed by atoms with E-state index < -0.39 is 0 Å². The summed E-state index contributed by atoms with van der Waals surface area (Å²) in [5.74, 6) is 1.57. The summed E-state index contributed by atoms with van der Waals surface area (Å²) >= 11 is 0. The number of pyridine rings is 1. The van der Waals surface area contributed by atoms with E-state index in [4.69, 9.17) is 0 Å². The van der Waals surface area contributed by atoms with Crippen molar-refractivity contribution in [2.45, 2.75) is 19.4 Å². The molecule has 3 heterocycles. The number of hydrogen-bond donors (Lipinski definition) is 2. The quantitative estimate of drug-likeness (QED) is 0.901. The first-order chi connectivity index (χ1) is 10.1. The van der Waals surface area contributed by atoms with Crippen LogP contribution in [0.4, 0.5) is 0 Å². The van der Waals surface area contributed by atoms with Crippen molar-refractivity contribution in [3.05, 3.63) is 42.2 Å². The zero-order valence-electron chi connectivity index (χ0n) is 12.5. The van der Waals surface area contributed by atoms with Crippen molar-refractivity contribution in [1.29, 1.82) is 0 Å². The number of carbonyl (C=O) groups excluding carboxylic acids is 1. The van der Waals surface area contributed by atoms with E-state index in [0.717, 1.165) is 24.2 Å². The van der Waals surface area contributed by atoms with Gasteiger partial charge in [-0.2, -0.15) is 0 Å². The van der Waals surface area contributed by atoms with Crippen LogP contribution in [0.15, 0.2) is 36.7 Å². The minimum Gasteiger partial charge on any atom is -0.347 e. The summed E-state index contributed by atoms with van der Waals surface area (Å²) < 4.78 is 2.10. The molecule has 1 aliphatic heterocycles. The second-order valence-corrected chi connectivity index (χ2v) is 6.89. The predicted molar refractivity (Wildman–Crippen MR) is 81.9 cm³/mol. The first-order valence-electron chi connectivity index (χ1n) is 7.66. The van der Waals surface area contributed by atoms with E-state index in [-0.39, 0.29) is 17.4 Å². The normalized spacial score (nSPS) is 27.6. The van der Waals surface area contributed by atoms with E-state index in [1.807, 2.05) is 18.3 Å². The monoisotopic (exact) mass is 283 g/mol. The molecule has 1 saturated heterocycles. The maximum Gasteiger partial charge on any atom is 0.224 e. The number of amides is 1. The number of nitrogens with one attached hydrogen (secondary N) is 2. The third-order valence-corrected chi connectivity index (χ3v) is 5.06. The van der Waals surface area contributed by atoms with Crippen LogP contribution in [0.25, 0.3) is 5.52 Å². The Labute approximate surface area is 124 Å². The van der Waals surface area contributed by atoms with Gasteiger partial charge < -0.3 is 15.0 Å². The number of hydrogen-bond acceptors (Lipinski definition) is 2. The second-order valence-electron chi connectivity index (χ2n) is 6.89. The molecule has 4 rings (SSSR count). The largest absolute Gasteiger partial charge is 0.347 e. The number of piperidine rings is 1. The summed E-state index contributed by atoms with van der Waals surface area (Å²) in [6.45, 7) is 6.16. The zero-order valence-corrected chi connectivity index (χ0v) is 12.5. The highest BCUT2D eigenvalue weighted by Gasteiger charge is 2.57. The Morgan fingerprint density at radius 1 is 1.33 bits per heavy atom. The Morgan fingerprint density at radius 2 is 2.10 bits per heavy atom. The molecule has 2 aromatic rings. The van der Waals surface area contributed by atoms with Gasteiger partial charge in [-0.05, 0) is 62.5 Å². The molecule has 4 heteroatoms. The second kappa shape index (κ2) is 4.34. The molecule has 21 heavy (non-hydrogen) atoms. The van der Waals surface area contributed by atoms with E-state index in [9.17, 15) is 4.79 Å². The highest BCUT2D eigenvalue weighted by molar-refractivity contribution is 5.83. The minimum absolute atomic E-state index is 0.215. The standard InChI is InChI=1S/C17H21N3O/c1-17(2,11-7-12-5-3-4-6-20(12)10-11)19-16(21)15-13-8-18-9-14(13)15/h3-7,10,13-15,18H,8-9H2,1-2H3,(H,19,21)/t13-,14+,15+. The van der Waals surface area contributed by atoms with E-state index in [2.05, 4.69) is 47.2 Å². The van der Waals surface area contributed by atoms with Crippen molar-refractivity contribution in [3.63, 3.8) is 0 Å². The fourth-order valence-corrected chi connectivity index (χ4v) is 3.67. The third kappa shape index (κ3) is 2.05. The van der Waals surface area contributed by atoms with Gasteiger partial charge in [0.2, 0.25) is 5.91 Å². The predicted octanol–water partition coefficient (Wildman–Crippen LogP) is 1.76. The molecule has 0 radical (unpaired) electrons. The topological polar surface area (TPSA) is 45.5 Å². The summed E-state index contributed by atoms with van der Waals surface area (Å²) in [6, 6.07) is 8.28. The molecule has 2 N–H and O–H groups in total. The van der Waals surface area contributed by atoms with Crippen LogP contribution in [0.3, 0.4) is 0 Å². The van der Waals surface area contributed by atoms with Crippen LogP contribution in [-0.4, -0.2) is 23.4 Å². The van der Waals surface area contributed by atoms with Gasteiger partial charge in [-0.25, -0.2) is 0 Å². The molecule has 2 aliphatic rings. The van der Waals surface area contributed by atoms with Crippen molar-refractivity contribution in [1.82, 2.24) is 15.0 Å². The first kappa shape index (κ1) is 12.9. The molecule has 0 unspecified atom stereocenters. The summed E-state index contributed by atoms with van der Waals surface area (Å²) in [5.41, 5.74) is 1.96. The molecule has 1 amide bonds. The lowest BCUT2D eigenvalue weighted by Crippen LogP contribution is -2.42. The summed E-state index contributed by atoms with van der Waals surface area (Å²) in [6.07, 6.45) is 4.14. The molecular weight excluding hydrogens is 262 g/mol. The Hall–Kier alpha value is -1.81. The van der Waals surface area contributed by atoms with E-state index in [1.54, 1.807) is 0 Å². The molecule has 4 nitrogen and oxygen atoms in total. The molecule has 0 aromatic carbocycles. The Bertz CT molecular complexity index is 660. The van der Waals surface area contributed by atoms with Crippen molar-refractivity contribution in [2.24, 2.45) is 17.8 Å². The molecule has 0 spiro atoms. The summed E-state index contributed by atoms with van der Waals surface area (Å²) in [7, 11) is 0. The van der Waals surface area contributed by atoms with Crippen LogP contribution in [-0.2, 0) is 10.3 Å². The lowest BCUT2D eigenvalue weighted by molar-refractivity contribution is -0.124. The Morgan fingerprint density at radius 3 is 2.81 bits per heavy atom. The fourth-order valence-electron chi connectivity index (χ4n) is 3.67. The van der Waals surface area contributed by atoms with E-state index in [0.29, 0.717) is 11.8 Å². The van der Waals surface area contributed by atoms with Crippen LogP contribution >= 0.6 is 0 Å². The van der Waals surface area contributed by atoms with Gasteiger partial charge in [0.25, 0.3) is 0 Å². The van der Waals surface area contributed by atoms with Crippen molar-refractivity contribution in [2.75, 3.05) is 13.1 Å². The average Bonchev–Trinajstić information content (AvgIpc) is 2.82. The number of carbonyl (C=O) groups is 1. The Kier molecular flexibility index (Phi) is 2.67. The fraction of sp³-hybridized carbons (Fsp3) is 0.471. The van der Waals surface area contributed by atoms with Crippen molar-refractivity contribution < 1.29 is 4.79 Å². The van der Waals surface area contributed by atoms with Gasteiger partial charge in [0.05, 0.1) is 5.54 Å². The molecule has 3 atom stereocenters. The SMILES string of the molecule is CC(C)(NC(=O)[C@H]1[C@@H]2CNC[C@@H]21)c1cc2ccccn2c1. The third-order valence-electron chi connectivity index (χ3n) is 5.06. The molecule has 2 aromatic heterocycles. The molecule has 110 valence electrons. The van der Waals surface area contributed by atoms with Gasteiger partial charge in [0.1, 0.15) is 0 Å². The molecular formula is C17H21N3O. The van der Waals surface area contributed by atoms with Crippen molar-refractivity contribution >= 4 is 11.4 Å². The van der Waals surface area contributed by atoms with Crippen LogP contribution in [0.2, 0.25) is 0 Å². The maximum atomic E-state index is 12.5. The van der Waals surface area contributed by atoms with Gasteiger partial charge >= 0.3 is 0 Å². The van der Waals surface area contributed by atoms with Crippen LogP contribution in [0.1, 0.15) is 19.4 Å². The number of nitrogens with zero attached hydrogens (tertiary/aromatic N) is 1. The van der Waals surface area contributed by atoms with E-state index in [1.165, 1.54) is 0 Å². The number of aromatic nitrogens is 1. The van der Waals surface area contributed by atoms with Gasteiger partial charge in [-0.3, -0.25) is 4.79 Å². The molecule has 1 saturated carbocycles. The minimum atomic E-state index is -0.340. The smallest absolute Gasteiger partial charge is 0.224 e. The van der Waals surface area contributed by atoms with Crippen LogP contribution in [0.5, 0.6) is 0 Å². The van der Waals surface area contributed by atoms with Crippen LogP contribution in [0, 0.1) is 17.8 Å². The van der Waals surface area contributed by atoms with Gasteiger partial charge in [-0.1, -0.05) is 6.07 Å². The van der Waals surface area contributed by atoms with Gasteiger partial charge in [0, 0.05) is 23.8 Å². The van der Waals surface area contributed by atoms with Gasteiger partial charge in [0.15, 0.2) is 0 Å². The lowest BCUT2D eigenvalue weighted by Gasteiger charge is -2.26. The molecule has 1 aliphatic carbocycles. The lowest BCUT2D eigenvalue weighted by atomic mass is 9.96. The Balaban J connectivity index is 1.54. The zero-order chi connectivity index (χ0) is 14.6. The van der Waals surface area contributed by atoms with Crippen LogP contribution < -0.4 is 10.6 Å². The van der Waals surface area contributed by atoms with Gasteiger partial charge in [-0.15, -0.1) is 0 Å². The first-order valence-corrected chi connectivity index (χ1v) is 7.66. The summed E-state index contributed by atoms with van der Waals surface area (Å²) in [5, 5.41) is 6.58. The van der Waals surface area contributed by atoms with Crippen molar-refractivity contribution in [3.8, 4) is 0 Å². The maximum absolute atomic E-state index is 12.5. The molecule has 2 fully saturated rings. The summed E-state index contributed by atoms with van der Waals surface area (Å²) in [4.78, 5) is 12.5. The number of rotatable bonds is 3. The average molecular weight is 283 g/mol. The highest BCUT2D eigenvalue weighted by atomic mass is 16.2. The molecule has 0 bridgehead atoms. The van der Waals surface area contributed by atoms with E-state index >= 15 is 0 Å². The number of fused-ring (bicyclic) bond motifs is 2.